The van der Waals surface area contributed by atoms with E-state index in [4.69, 9.17) is 10.7 Å². The van der Waals surface area contributed by atoms with E-state index < -0.39 is 0 Å². The zero-order valence-electron chi connectivity index (χ0n) is 18.3. The molecule has 9 heteroatoms. The summed E-state index contributed by atoms with van der Waals surface area (Å²) in [5.41, 5.74) is 9.15. The van der Waals surface area contributed by atoms with E-state index in [0.29, 0.717) is 33.6 Å². The zero-order chi connectivity index (χ0) is 23.5. The standard InChI is InChI=1S/C25H21N7OS/c1-16-11-13-18(14-12-16)32-22(33)19-9-5-6-10-20(19)28-25(32)34-15-21-29-23(26)31-24(30-21)27-17-7-3-2-4-8-17/h2-14H,15H2,1H3,(H3,26,27,29,30,31). The predicted octanol–water partition coefficient (Wildman–Crippen LogP) is 4.50. The van der Waals surface area contributed by atoms with Crippen molar-refractivity contribution in [3.05, 3.63) is 101 Å². The summed E-state index contributed by atoms with van der Waals surface area (Å²) in [6.07, 6.45) is 0. The van der Waals surface area contributed by atoms with Gasteiger partial charge in [0.1, 0.15) is 5.82 Å². The Hall–Kier alpha value is -4.24. The number of para-hydroxylation sites is 2. The first kappa shape index (κ1) is 21.6. The normalized spacial score (nSPS) is 11.0. The fraction of sp³-hybridized carbons (Fsp3) is 0.0800. The van der Waals surface area contributed by atoms with Crippen LogP contribution in [0.4, 0.5) is 17.6 Å². The minimum Gasteiger partial charge on any atom is -0.368 e. The molecular weight excluding hydrogens is 446 g/mol. The molecule has 3 N–H and O–H groups in total. The SMILES string of the molecule is Cc1ccc(-n2c(SCc3nc(N)nc(Nc4ccccc4)n3)nc3ccccc3c2=O)cc1. The van der Waals surface area contributed by atoms with Crippen LogP contribution in [0, 0.1) is 6.92 Å². The molecule has 0 aliphatic heterocycles. The van der Waals surface area contributed by atoms with Crippen molar-refractivity contribution in [2.45, 2.75) is 17.8 Å². The third-order valence-corrected chi connectivity index (χ3v) is 6.03. The molecule has 2 heterocycles. The van der Waals surface area contributed by atoms with Gasteiger partial charge in [0, 0.05) is 5.69 Å². The first-order chi connectivity index (χ1) is 16.6. The van der Waals surface area contributed by atoms with Crippen molar-refractivity contribution in [3.8, 4) is 5.69 Å². The number of nitrogen functional groups attached to an aromatic ring is 1. The van der Waals surface area contributed by atoms with Crippen LogP contribution in [-0.2, 0) is 5.75 Å². The van der Waals surface area contributed by atoms with Crippen LogP contribution in [0.2, 0.25) is 0 Å². The highest BCUT2D eigenvalue weighted by atomic mass is 32.2. The topological polar surface area (TPSA) is 112 Å². The molecule has 0 aliphatic carbocycles. The number of anilines is 3. The summed E-state index contributed by atoms with van der Waals surface area (Å²) < 4.78 is 1.63. The predicted molar refractivity (Wildman–Crippen MR) is 136 cm³/mol. The van der Waals surface area contributed by atoms with Gasteiger partial charge in [-0.3, -0.25) is 9.36 Å². The number of fused-ring (bicyclic) bond motifs is 1. The van der Waals surface area contributed by atoms with Crippen molar-refractivity contribution in [3.63, 3.8) is 0 Å². The first-order valence-electron chi connectivity index (χ1n) is 10.6. The number of benzene rings is 3. The molecule has 0 amide bonds. The molecule has 168 valence electrons. The summed E-state index contributed by atoms with van der Waals surface area (Å²) in [7, 11) is 0. The van der Waals surface area contributed by atoms with E-state index in [-0.39, 0.29) is 11.5 Å². The van der Waals surface area contributed by atoms with Gasteiger partial charge in [-0.1, -0.05) is 59.8 Å². The Morgan fingerprint density at radius 2 is 1.62 bits per heavy atom. The molecule has 0 aliphatic rings. The summed E-state index contributed by atoms with van der Waals surface area (Å²) in [6, 6.07) is 24.7. The molecule has 0 saturated carbocycles. The van der Waals surface area contributed by atoms with Crippen LogP contribution < -0.4 is 16.6 Å². The Labute approximate surface area is 199 Å². The van der Waals surface area contributed by atoms with E-state index in [2.05, 4.69) is 20.3 Å². The van der Waals surface area contributed by atoms with Crippen LogP contribution in [-0.4, -0.2) is 24.5 Å². The highest BCUT2D eigenvalue weighted by Crippen LogP contribution is 2.24. The number of nitrogens with zero attached hydrogens (tertiary/aromatic N) is 5. The number of nitrogens with one attached hydrogen (secondary N) is 1. The fourth-order valence-corrected chi connectivity index (χ4v) is 4.34. The lowest BCUT2D eigenvalue weighted by molar-refractivity contribution is 0.817. The minimum atomic E-state index is -0.126. The van der Waals surface area contributed by atoms with Gasteiger partial charge in [0.15, 0.2) is 5.16 Å². The number of hydrogen-bond donors (Lipinski definition) is 2. The van der Waals surface area contributed by atoms with Gasteiger partial charge >= 0.3 is 0 Å². The molecule has 0 fully saturated rings. The Balaban J connectivity index is 1.50. The molecule has 3 aromatic carbocycles. The van der Waals surface area contributed by atoms with Gasteiger partial charge in [0.2, 0.25) is 11.9 Å². The average molecular weight is 468 g/mol. The van der Waals surface area contributed by atoms with E-state index in [9.17, 15) is 4.79 Å². The second-order valence-electron chi connectivity index (χ2n) is 7.60. The van der Waals surface area contributed by atoms with Crippen molar-refractivity contribution in [1.29, 1.82) is 0 Å². The molecule has 2 aromatic heterocycles. The van der Waals surface area contributed by atoms with Gasteiger partial charge < -0.3 is 11.1 Å². The third-order valence-electron chi connectivity index (χ3n) is 5.10. The smallest absolute Gasteiger partial charge is 0.266 e. The fourth-order valence-electron chi connectivity index (χ4n) is 3.47. The molecule has 34 heavy (non-hydrogen) atoms. The van der Waals surface area contributed by atoms with Crippen LogP contribution in [0.1, 0.15) is 11.4 Å². The van der Waals surface area contributed by atoms with Gasteiger partial charge in [-0.05, 0) is 43.3 Å². The minimum absolute atomic E-state index is 0.117. The van der Waals surface area contributed by atoms with E-state index >= 15 is 0 Å². The average Bonchev–Trinajstić information content (AvgIpc) is 2.84. The Morgan fingerprint density at radius 1 is 0.882 bits per heavy atom. The molecule has 0 atom stereocenters. The molecule has 0 radical (unpaired) electrons. The third kappa shape index (κ3) is 4.60. The number of rotatable bonds is 6. The Morgan fingerprint density at radius 3 is 2.41 bits per heavy atom. The molecule has 5 rings (SSSR count). The second kappa shape index (κ2) is 9.32. The summed E-state index contributed by atoms with van der Waals surface area (Å²) >= 11 is 1.37. The lowest BCUT2D eigenvalue weighted by atomic mass is 10.2. The number of nitrogens with two attached hydrogens (primary N) is 1. The maximum atomic E-state index is 13.4. The van der Waals surface area contributed by atoms with Crippen LogP contribution >= 0.6 is 11.8 Å². The van der Waals surface area contributed by atoms with Crippen molar-refractivity contribution in [2.75, 3.05) is 11.1 Å². The van der Waals surface area contributed by atoms with Gasteiger partial charge in [0.25, 0.3) is 5.56 Å². The van der Waals surface area contributed by atoms with Crippen molar-refractivity contribution in [2.24, 2.45) is 0 Å². The summed E-state index contributed by atoms with van der Waals surface area (Å²) in [5, 5.41) is 4.24. The lowest BCUT2D eigenvalue weighted by Crippen LogP contribution is -2.21. The monoisotopic (exact) mass is 467 g/mol. The molecule has 8 nitrogen and oxygen atoms in total. The molecule has 0 spiro atoms. The summed E-state index contributed by atoms with van der Waals surface area (Å²) in [6.45, 7) is 2.01. The van der Waals surface area contributed by atoms with E-state index in [1.807, 2.05) is 79.7 Å². The first-order valence-corrected chi connectivity index (χ1v) is 11.6. The number of aromatic nitrogens is 5. The van der Waals surface area contributed by atoms with E-state index in [1.54, 1.807) is 10.6 Å². The molecule has 0 saturated heterocycles. The highest BCUT2D eigenvalue weighted by Gasteiger charge is 2.15. The molecule has 5 aromatic rings. The number of hydrogen-bond acceptors (Lipinski definition) is 8. The van der Waals surface area contributed by atoms with E-state index in [1.165, 1.54) is 11.8 Å². The highest BCUT2D eigenvalue weighted by molar-refractivity contribution is 7.98. The van der Waals surface area contributed by atoms with Crippen LogP contribution in [0.25, 0.3) is 16.6 Å². The lowest BCUT2D eigenvalue weighted by Gasteiger charge is -2.13. The van der Waals surface area contributed by atoms with Crippen LogP contribution in [0.15, 0.2) is 88.8 Å². The maximum absolute atomic E-state index is 13.4. The maximum Gasteiger partial charge on any atom is 0.266 e. The Bertz CT molecular complexity index is 1520. The van der Waals surface area contributed by atoms with Gasteiger partial charge in [-0.25, -0.2) is 4.98 Å². The van der Waals surface area contributed by atoms with Crippen LogP contribution in [0.3, 0.4) is 0 Å². The number of aryl methyl sites for hydroxylation is 1. The zero-order valence-corrected chi connectivity index (χ0v) is 19.2. The van der Waals surface area contributed by atoms with Crippen LogP contribution in [0.5, 0.6) is 0 Å². The molecule has 0 bridgehead atoms. The summed E-state index contributed by atoms with van der Waals surface area (Å²) in [4.78, 5) is 31.1. The summed E-state index contributed by atoms with van der Waals surface area (Å²) in [5.74, 6) is 1.31. The number of thioether (sulfide) groups is 1. The van der Waals surface area contributed by atoms with Crippen molar-refractivity contribution in [1.82, 2.24) is 24.5 Å². The van der Waals surface area contributed by atoms with Gasteiger partial charge in [0.05, 0.1) is 22.3 Å². The van der Waals surface area contributed by atoms with Crippen molar-refractivity contribution >= 4 is 40.2 Å². The van der Waals surface area contributed by atoms with E-state index in [0.717, 1.165) is 16.9 Å². The second-order valence-corrected chi connectivity index (χ2v) is 8.54. The molecular formula is C25H21N7OS. The quantitative estimate of drug-likeness (QED) is 0.277. The molecule has 0 unspecified atom stereocenters. The van der Waals surface area contributed by atoms with Crippen molar-refractivity contribution < 1.29 is 0 Å². The van der Waals surface area contributed by atoms with Gasteiger partial charge in [-0.15, -0.1) is 0 Å². The largest absolute Gasteiger partial charge is 0.368 e. The van der Waals surface area contributed by atoms with Gasteiger partial charge in [-0.2, -0.15) is 15.0 Å². The Kier molecular flexibility index (Phi) is 5.92.